The molecular weight excluding hydrogens is 299 g/mol. The number of aliphatic hydroxyl groups is 1. The lowest BCUT2D eigenvalue weighted by Gasteiger charge is -2.33. The molecule has 2 amide bonds. The lowest BCUT2D eigenvalue weighted by Crippen LogP contribution is -2.46. The fraction of sp³-hybridized carbons (Fsp3) is 0.529. The Hall–Kier alpha value is -1.95. The Kier molecular flexibility index (Phi) is 4.61. The highest BCUT2D eigenvalue weighted by Gasteiger charge is 2.34. The highest BCUT2D eigenvalue weighted by Crippen LogP contribution is 2.33. The average molecular weight is 320 g/mol. The molecule has 0 aromatic heterocycles. The molecule has 1 fully saturated rings. The normalized spacial score (nSPS) is 27.0. The number of benzene rings is 1. The summed E-state index contributed by atoms with van der Waals surface area (Å²) < 4.78 is 13.3. The van der Waals surface area contributed by atoms with Gasteiger partial charge in [0.05, 0.1) is 5.92 Å². The molecule has 1 heterocycles. The second-order valence-corrected chi connectivity index (χ2v) is 6.38. The van der Waals surface area contributed by atoms with E-state index in [0.29, 0.717) is 11.3 Å². The van der Waals surface area contributed by atoms with E-state index in [0.717, 1.165) is 25.7 Å². The molecule has 3 atom stereocenters. The number of hydrogen-bond acceptors (Lipinski definition) is 3. The molecule has 6 heteroatoms. The minimum atomic E-state index is -0.611. The van der Waals surface area contributed by atoms with Crippen molar-refractivity contribution in [2.24, 2.45) is 5.92 Å². The smallest absolute Gasteiger partial charge is 0.228 e. The molecule has 2 aliphatic rings. The van der Waals surface area contributed by atoms with E-state index >= 15 is 0 Å². The van der Waals surface area contributed by atoms with Gasteiger partial charge >= 0.3 is 0 Å². The van der Waals surface area contributed by atoms with Gasteiger partial charge in [-0.25, -0.2) is 4.39 Å². The fourth-order valence-corrected chi connectivity index (χ4v) is 3.57. The average Bonchev–Trinajstić information content (AvgIpc) is 2.54. The minimum absolute atomic E-state index is 0.0535. The minimum Gasteiger partial charge on any atom is -0.396 e. The molecule has 1 aromatic carbocycles. The van der Waals surface area contributed by atoms with E-state index in [9.17, 15) is 19.1 Å². The predicted octanol–water partition coefficient (Wildman–Crippen LogP) is 1.92. The summed E-state index contributed by atoms with van der Waals surface area (Å²) >= 11 is 0. The first-order valence-corrected chi connectivity index (χ1v) is 8.09. The van der Waals surface area contributed by atoms with Crippen molar-refractivity contribution in [2.45, 2.75) is 44.1 Å². The van der Waals surface area contributed by atoms with Crippen molar-refractivity contribution >= 4 is 17.5 Å². The predicted molar refractivity (Wildman–Crippen MR) is 83.4 cm³/mol. The molecule has 3 N–H and O–H groups in total. The van der Waals surface area contributed by atoms with Crippen molar-refractivity contribution in [3.63, 3.8) is 0 Å². The van der Waals surface area contributed by atoms with Crippen LogP contribution in [-0.2, 0) is 9.59 Å². The van der Waals surface area contributed by atoms with Crippen LogP contribution in [0.2, 0.25) is 0 Å². The van der Waals surface area contributed by atoms with Crippen LogP contribution >= 0.6 is 0 Å². The van der Waals surface area contributed by atoms with Gasteiger partial charge < -0.3 is 15.7 Å². The van der Waals surface area contributed by atoms with Gasteiger partial charge in [0.1, 0.15) is 5.82 Å². The van der Waals surface area contributed by atoms with Crippen molar-refractivity contribution in [1.29, 1.82) is 0 Å². The van der Waals surface area contributed by atoms with Crippen molar-refractivity contribution in [2.75, 3.05) is 11.9 Å². The highest BCUT2D eigenvalue weighted by atomic mass is 19.1. The largest absolute Gasteiger partial charge is 0.396 e. The highest BCUT2D eigenvalue weighted by molar-refractivity contribution is 6.01. The number of amides is 2. The molecule has 0 spiro atoms. The second-order valence-electron chi connectivity index (χ2n) is 6.38. The summed E-state index contributed by atoms with van der Waals surface area (Å²) in [6, 6.07) is 4.03. The van der Waals surface area contributed by atoms with Crippen LogP contribution in [0.3, 0.4) is 0 Å². The van der Waals surface area contributed by atoms with E-state index in [-0.39, 0.29) is 36.8 Å². The third-order valence-corrected chi connectivity index (χ3v) is 4.84. The van der Waals surface area contributed by atoms with Gasteiger partial charge in [0, 0.05) is 30.7 Å². The Bertz CT molecular complexity index is 620. The van der Waals surface area contributed by atoms with E-state index in [4.69, 9.17) is 0 Å². The summed E-state index contributed by atoms with van der Waals surface area (Å²) in [6.07, 6.45) is 3.88. The molecule has 1 aliphatic heterocycles. The van der Waals surface area contributed by atoms with Crippen molar-refractivity contribution < 1.29 is 19.1 Å². The summed E-state index contributed by atoms with van der Waals surface area (Å²) in [5, 5.41) is 15.1. The van der Waals surface area contributed by atoms with Crippen molar-refractivity contribution in [3.05, 3.63) is 29.6 Å². The number of carbonyl (C=O) groups excluding carboxylic acids is 2. The monoisotopic (exact) mass is 320 g/mol. The van der Waals surface area contributed by atoms with E-state index in [2.05, 4.69) is 10.6 Å². The van der Waals surface area contributed by atoms with Gasteiger partial charge in [-0.05, 0) is 30.5 Å². The second kappa shape index (κ2) is 6.66. The van der Waals surface area contributed by atoms with Gasteiger partial charge in [0.2, 0.25) is 11.8 Å². The van der Waals surface area contributed by atoms with Crippen LogP contribution in [0, 0.1) is 11.7 Å². The Morgan fingerprint density at radius 1 is 1.35 bits per heavy atom. The fourth-order valence-electron chi connectivity index (χ4n) is 3.57. The first kappa shape index (κ1) is 15.9. The molecule has 3 unspecified atom stereocenters. The zero-order valence-corrected chi connectivity index (χ0v) is 12.8. The van der Waals surface area contributed by atoms with Gasteiger partial charge in [0.25, 0.3) is 0 Å². The summed E-state index contributed by atoms with van der Waals surface area (Å²) in [5.74, 6) is -1.50. The summed E-state index contributed by atoms with van der Waals surface area (Å²) in [7, 11) is 0. The van der Waals surface area contributed by atoms with E-state index in [1.54, 1.807) is 6.07 Å². The van der Waals surface area contributed by atoms with Crippen LogP contribution in [0.25, 0.3) is 0 Å². The van der Waals surface area contributed by atoms with Crippen molar-refractivity contribution in [3.8, 4) is 0 Å². The number of aliphatic hydroxyl groups excluding tert-OH is 1. The topological polar surface area (TPSA) is 78.4 Å². The molecule has 1 saturated carbocycles. The van der Waals surface area contributed by atoms with Crippen molar-refractivity contribution in [1.82, 2.24) is 5.32 Å². The maximum absolute atomic E-state index is 13.3. The molecule has 5 nitrogen and oxygen atoms in total. The summed E-state index contributed by atoms with van der Waals surface area (Å²) in [6.45, 7) is 0.0535. The summed E-state index contributed by atoms with van der Waals surface area (Å²) in [5.41, 5.74) is 1.00. The zero-order chi connectivity index (χ0) is 16.4. The lowest BCUT2D eigenvalue weighted by molar-refractivity contribution is -0.127. The molecule has 1 aromatic rings. The molecule has 0 bridgehead atoms. The third kappa shape index (κ3) is 3.37. The molecule has 3 rings (SSSR count). The maximum Gasteiger partial charge on any atom is 0.228 e. The number of nitrogens with one attached hydrogen (secondary N) is 2. The van der Waals surface area contributed by atoms with Crippen LogP contribution in [0.1, 0.15) is 43.6 Å². The number of fused-ring (bicyclic) bond motifs is 1. The maximum atomic E-state index is 13.3. The third-order valence-electron chi connectivity index (χ3n) is 4.84. The molecule has 124 valence electrons. The SMILES string of the molecule is O=C1CC(C(=O)NC2CCCCC2CO)c2ccc(F)cc2N1. The first-order chi connectivity index (χ1) is 11.1. The zero-order valence-electron chi connectivity index (χ0n) is 12.8. The van der Waals surface area contributed by atoms with E-state index in [1.807, 2.05) is 0 Å². The molecule has 0 radical (unpaired) electrons. The van der Waals surface area contributed by atoms with Crippen LogP contribution < -0.4 is 10.6 Å². The Morgan fingerprint density at radius 3 is 2.91 bits per heavy atom. The number of anilines is 1. The van der Waals surface area contributed by atoms with Crippen LogP contribution in [0.5, 0.6) is 0 Å². The molecule has 23 heavy (non-hydrogen) atoms. The summed E-state index contributed by atoms with van der Waals surface area (Å²) in [4.78, 5) is 24.5. The quantitative estimate of drug-likeness (QED) is 0.796. The van der Waals surface area contributed by atoms with E-state index in [1.165, 1.54) is 12.1 Å². The van der Waals surface area contributed by atoms with E-state index < -0.39 is 11.7 Å². The van der Waals surface area contributed by atoms with Crippen LogP contribution in [0.15, 0.2) is 18.2 Å². The van der Waals surface area contributed by atoms with Gasteiger partial charge in [-0.3, -0.25) is 9.59 Å². The molecule has 0 saturated heterocycles. The number of hydrogen-bond donors (Lipinski definition) is 3. The number of halogens is 1. The van der Waals surface area contributed by atoms with Gasteiger partial charge in [-0.1, -0.05) is 18.9 Å². The van der Waals surface area contributed by atoms with Gasteiger partial charge in [0.15, 0.2) is 0 Å². The van der Waals surface area contributed by atoms with Gasteiger partial charge in [-0.2, -0.15) is 0 Å². The van der Waals surface area contributed by atoms with Crippen LogP contribution in [0.4, 0.5) is 10.1 Å². The molecular formula is C17H21FN2O3. The molecule has 1 aliphatic carbocycles. The number of rotatable bonds is 3. The Morgan fingerprint density at radius 2 is 2.13 bits per heavy atom. The van der Waals surface area contributed by atoms with Gasteiger partial charge in [-0.15, -0.1) is 0 Å². The van der Waals surface area contributed by atoms with Crippen LogP contribution in [-0.4, -0.2) is 29.6 Å². The standard InChI is InChI=1S/C17H21FN2O3/c18-11-5-6-12-13(8-16(22)19-15(12)7-11)17(23)20-14-4-2-1-3-10(14)9-21/h5-7,10,13-14,21H,1-4,8-9H2,(H,19,22)(H,20,23). The lowest BCUT2D eigenvalue weighted by atomic mass is 9.83. The first-order valence-electron chi connectivity index (χ1n) is 8.09. The number of carbonyl (C=O) groups is 2. The Balaban J connectivity index is 1.78. The Labute approximate surface area is 134 Å².